The van der Waals surface area contributed by atoms with Crippen LogP contribution in [0, 0.1) is 5.92 Å². The van der Waals surface area contributed by atoms with E-state index >= 15 is 0 Å². The van der Waals surface area contributed by atoms with Crippen LogP contribution in [-0.4, -0.2) is 12.5 Å². The summed E-state index contributed by atoms with van der Waals surface area (Å²) in [7, 11) is 0. The number of nitrogens with one attached hydrogen (secondary N) is 1. The van der Waals surface area contributed by atoms with Gasteiger partial charge in [-0.25, -0.2) is 0 Å². The Morgan fingerprint density at radius 2 is 1.86 bits per heavy atom. The molecule has 0 aliphatic rings. The fourth-order valence-corrected chi connectivity index (χ4v) is 1.98. The molecule has 0 aromatic heterocycles. The molecule has 0 radical (unpaired) electrons. The van der Waals surface area contributed by atoms with Gasteiger partial charge in [-0.3, -0.25) is 4.79 Å². The molecule has 0 spiro atoms. The third-order valence-electron chi connectivity index (χ3n) is 3.41. The highest BCUT2D eigenvalue weighted by atomic mass is 16.5. The number of carbonyl (C=O) groups excluding carboxylic acids is 1. The summed E-state index contributed by atoms with van der Waals surface area (Å²) in [4.78, 5) is 11.7. The summed E-state index contributed by atoms with van der Waals surface area (Å²) in [6, 6.07) is 17.7. The van der Waals surface area contributed by atoms with Crippen LogP contribution < -0.4 is 15.8 Å². The zero-order valence-corrected chi connectivity index (χ0v) is 12.8. The van der Waals surface area contributed by atoms with Gasteiger partial charge in [0.15, 0.2) is 0 Å². The first-order chi connectivity index (χ1) is 10.7. The Labute approximate surface area is 131 Å². The van der Waals surface area contributed by atoms with Gasteiger partial charge in [0, 0.05) is 19.0 Å². The van der Waals surface area contributed by atoms with Crippen molar-refractivity contribution in [2.24, 2.45) is 11.7 Å². The fourth-order valence-electron chi connectivity index (χ4n) is 1.98. The van der Waals surface area contributed by atoms with E-state index in [4.69, 9.17) is 10.5 Å². The first-order valence-corrected chi connectivity index (χ1v) is 7.42. The molecule has 0 aliphatic heterocycles. The maximum atomic E-state index is 11.7. The standard InChI is InChI=1S/C18H22N2O2/c1-14(11-19)18(21)20-12-15-6-5-7-16(10-15)13-22-17-8-3-2-4-9-17/h2-10,14H,11-13,19H2,1H3,(H,20,21). The smallest absolute Gasteiger partial charge is 0.224 e. The Hall–Kier alpha value is -2.33. The molecule has 2 rings (SSSR count). The van der Waals surface area contributed by atoms with Crippen LogP contribution in [0.5, 0.6) is 5.75 Å². The van der Waals surface area contributed by atoms with Gasteiger partial charge >= 0.3 is 0 Å². The first-order valence-electron chi connectivity index (χ1n) is 7.42. The molecule has 0 fully saturated rings. The Morgan fingerprint density at radius 1 is 1.14 bits per heavy atom. The van der Waals surface area contributed by atoms with Crippen molar-refractivity contribution in [1.29, 1.82) is 0 Å². The number of carbonyl (C=O) groups is 1. The van der Waals surface area contributed by atoms with Gasteiger partial charge in [0.2, 0.25) is 5.91 Å². The second-order valence-electron chi connectivity index (χ2n) is 5.28. The van der Waals surface area contributed by atoms with E-state index in [1.54, 1.807) is 0 Å². The lowest BCUT2D eigenvalue weighted by molar-refractivity contribution is -0.124. The average Bonchev–Trinajstić information content (AvgIpc) is 2.58. The van der Waals surface area contributed by atoms with Crippen LogP contribution in [0.1, 0.15) is 18.1 Å². The maximum Gasteiger partial charge on any atom is 0.224 e. The quantitative estimate of drug-likeness (QED) is 0.825. The van der Waals surface area contributed by atoms with E-state index in [0.29, 0.717) is 19.7 Å². The zero-order valence-electron chi connectivity index (χ0n) is 12.8. The van der Waals surface area contributed by atoms with Crippen LogP contribution in [0.2, 0.25) is 0 Å². The number of ether oxygens (including phenoxy) is 1. The third-order valence-corrected chi connectivity index (χ3v) is 3.41. The van der Waals surface area contributed by atoms with Gasteiger partial charge in [0.1, 0.15) is 12.4 Å². The van der Waals surface area contributed by atoms with Gasteiger partial charge in [-0.2, -0.15) is 0 Å². The topological polar surface area (TPSA) is 64.4 Å². The van der Waals surface area contributed by atoms with Crippen molar-refractivity contribution in [2.45, 2.75) is 20.1 Å². The van der Waals surface area contributed by atoms with Crippen LogP contribution in [0.3, 0.4) is 0 Å². The molecule has 4 heteroatoms. The molecule has 1 amide bonds. The van der Waals surface area contributed by atoms with Gasteiger partial charge in [-0.15, -0.1) is 0 Å². The number of rotatable bonds is 7. The second kappa shape index (κ2) is 8.20. The lowest BCUT2D eigenvalue weighted by Gasteiger charge is -2.11. The maximum absolute atomic E-state index is 11.7. The molecule has 116 valence electrons. The van der Waals surface area contributed by atoms with Crippen molar-refractivity contribution in [3.63, 3.8) is 0 Å². The fraction of sp³-hybridized carbons (Fsp3) is 0.278. The van der Waals surface area contributed by atoms with Crippen molar-refractivity contribution in [2.75, 3.05) is 6.54 Å². The minimum Gasteiger partial charge on any atom is -0.489 e. The SMILES string of the molecule is CC(CN)C(=O)NCc1cccc(COc2ccccc2)c1. The predicted octanol–water partition coefficient (Wildman–Crippen LogP) is 2.48. The molecular weight excluding hydrogens is 276 g/mol. The van der Waals surface area contributed by atoms with Crippen molar-refractivity contribution >= 4 is 5.91 Å². The van der Waals surface area contributed by atoms with Crippen LogP contribution in [0.15, 0.2) is 54.6 Å². The molecule has 0 heterocycles. The lowest BCUT2D eigenvalue weighted by Crippen LogP contribution is -2.32. The van der Waals surface area contributed by atoms with Gasteiger partial charge in [-0.1, -0.05) is 49.4 Å². The highest BCUT2D eigenvalue weighted by Gasteiger charge is 2.09. The van der Waals surface area contributed by atoms with E-state index in [0.717, 1.165) is 16.9 Å². The summed E-state index contributed by atoms with van der Waals surface area (Å²) < 4.78 is 5.72. The Morgan fingerprint density at radius 3 is 2.59 bits per heavy atom. The van der Waals surface area contributed by atoms with E-state index in [-0.39, 0.29) is 11.8 Å². The van der Waals surface area contributed by atoms with Crippen LogP contribution >= 0.6 is 0 Å². The van der Waals surface area contributed by atoms with Crippen molar-refractivity contribution in [1.82, 2.24) is 5.32 Å². The largest absolute Gasteiger partial charge is 0.489 e. The van der Waals surface area contributed by atoms with E-state index in [2.05, 4.69) is 5.32 Å². The Bertz CT molecular complexity index is 599. The molecular formula is C18H22N2O2. The first kappa shape index (κ1) is 16.0. The molecule has 2 aromatic rings. The van der Waals surface area contributed by atoms with E-state index in [1.807, 2.05) is 61.5 Å². The third kappa shape index (κ3) is 4.90. The van der Waals surface area contributed by atoms with Crippen LogP contribution in [0.25, 0.3) is 0 Å². The lowest BCUT2D eigenvalue weighted by atomic mass is 10.1. The second-order valence-corrected chi connectivity index (χ2v) is 5.28. The average molecular weight is 298 g/mol. The van der Waals surface area contributed by atoms with Crippen molar-refractivity contribution in [3.05, 3.63) is 65.7 Å². The number of hydrogen-bond donors (Lipinski definition) is 2. The molecule has 2 aromatic carbocycles. The van der Waals surface area contributed by atoms with Crippen LogP contribution in [-0.2, 0) is 17.9 Å². The summed E-state index contributed by atoms with van der Waals surface area (Å²) in [6.45, 7) is 3.18. The van der Waals surface area contributed by atoms with E-state index in [1.165, 1.54) is 0 Å². The molecule has 0 bridgehead atoms. The van der Waals surface area contributed by atoms with Gasteiger partial charge in [0.25, 0.3) is 0 Å². The number of amides is 1. The van der Waals surface area contributed by atoms with Gasteiger partial charge in [-0.05, 0) is 23.3 Å². The molecule has 1 atom stereocenters. The zero-order chi connectivity index (χ0) is 15.8. The number of hydrogen-bond acceptors (Lipinski definition) is 3. The summed E-state index contributed by atoms with van der Waals surface area (Å²) in [5, 5.41) is 2.89. The molecule has 22 heavy (non-hydrogen) atoms. The van der Waals surface area contributed by atoms with E-state index in [9.17, 15) is 4.79 Å². The predicted molar refractivity (Wildman–Crippen MR) is 87.3 cm³/mol. The van der Waals surface area contributed by atoms with Gasteiger partial charge < -0.3 is 15.8 Å². The molecule has 4 nitrogen and oxygen atoms in total. The summed E-state index contributed by atoms with van der Waals surface area (Å²) >= 11 is 0. The highest BCUT2D eigenvalue weighted by molar-refractivity contribution is 5.78. The van der Waals surface area contributed by atoms with Crippen molar-refractivity contribution in [3.8, 4) is 5.75 Å². The highest BCUT2D eigenvalue weighted by Crippen LogP contribution is 2.12. The number of para-hydroxylation sites is 1. The van der Waals surface area contributed by atoms with E-state index < -0.39 is 0 Å². The van der Waals surface area contributed by atoms with Crippen molar-refractivity contribution < 1.29 is 9.53 Å². The number of benzene rings is 2. The Balaban J connectivity index is 1.88. The minimum absolute atomic E-state index is 0.0200. The summed E-state index contributed by atoms with van der Waals surface area (Å²) in [5.74, 6) is 0.663. The molecule has 0 saturated carbocycles. The normalized spacial score (nSPS) is 11.7. The Kier molecular flexibility index (Phi) is 5.98. The summed E-state index contributed by atoms with van der Waals surface area (Å²) in [5.41, 5.74) is 7.60. The molecule has 0 saturated heterocycles. The molecule has 3 N–H and O–H groups in total. The monoisotopic (exact) mass is 298 g/mol. The minimum atomic E-state index is -0.162. The number of nitrogens with two attached hydrogens (primary N) is 1. The van der Waals surface area contributed by atoms with Crippen LogP contribution in [0.4, 0.5) is 0 Å². The summed E-state index contributed by atoms with van der Waals surface area (Å²) in [6.07, 6.45) is 0. The van der Waals surface area contributed by atoms with Gasteiger partial charge in [0.05, 0.1) is 0 Å². The molecule has 1 unspecified atom stereocenters. The molecule has 0 aliphatic carbocycles.